The highest BCUT2D eigenvalue weighted by molar-refractivity contribution is 5.97. The molecule has 0 aliphatic heterocycles. The summed E-state index contributed by atoms with van der Waals surface area (Å²) in [5.41, 5.74) is 2.05. The number of halogens is 1. The molecular weight excluding hydrogens is 333 g/mol. The molecule has 0 aromatic heterocycles. The first-order chi connectivity index (χ1) is 12.4. The molecule has 0 saturated carbocycles. The smallest absolute Gasteiger partial charge is 0.279 e. The number of nitrogens with two attached hydrogens (primary N) is 1. The van der Waals surface area contributed by atoms with Crippen molar-refractivity contribution in [3.05, 3.63) is 65.5 Å². The molecule has 26 heavy (non-hydrogen) atoms. The molecule has 138 valence electrons. The fourth-order valence-corrected chi connectivity index (χ4v) is 2.81. The quantitative estimate of drug-likeness (QED) is 0.709. The molecule has 0 heterocycles. The maximum absolute atomic E-state index is 13.1. The number of benzene rings is 2. The number of hydrogen-bond donors (Lipinski definition) is 3. The summed E-state index contributed by atoms with van der Waals surface area (Å²) in [6, 6.07) is 13.2. The SMILES string of the molecule is CNC(=O)c1cccc(NC(=O)C[NH2+][C@@H](c2ccc(F)cc2)C(C)C)c1. The third-order valence-corrected chi connectivity index (χ3v) is 4.17. The summed E-state index contributed by atoms with van der Waals surface area (Å²) in [7, 11) is 1.56. The van der Waals surface area contributed by atoms with Crippen LogP contribution < -0.4 is 16.0 Å². The molecule has 1 atom stereocenters. The molecule has 0 bridgehead atoms. The Morgan fingerprint density at radius 3 is 2.42 bits per heavy atom. The third kappa shape index (κ3) is 5.39. The lowest BCUT2D eigenvalue weighted by molar-refractivity contribution is -0.692. The van der Waals surface area contributed by atoms with Gasteiger partial charge in [-0.1, -0.05) is 32.0 Å². The van der Waals surface area contributed by atoms with Crippen LogP contribution in [0.3, 0.4) is 0 Å². The molecule has 0 aliphatic rings. The second kappa shape index (κ2) is 9.10. The van der Waals surface area contributed by atoms with Crippen LogP contribution in [0.15, 0.2) is 48.5 Å². The number of quaternary nitrogens is 1. The number of rotatable bonds is 7. The lowest BCUT2D eigenvalue weighted by atomic mass is 9.96. The fourth-order valence-electron chi connectivity index (χ4n) is 2.81. The standard InChI is InChI=1S/C20H24FN3O2/c1-13(2)19(14-7-9-16(21)10-8-14)23-12-18(25)24-17-6-4-5-15(11-17)20(26)22-3/h4-11,13,19,23H,12H2,1-3H3,(H,22,26)(H,24,25)/p+1/t19-/m1/s1. The Balaban J connectivity index is 1.98. The average molecular weight is 358 g/mol. The minimum atomic E-state index is -0.273. The van der Waals surface area contributed by atoms with Crippen LogP contribution in [-0.4, -0.2) is 25.4 Å². The van der Waals surface area contributed by atoms with Crippen molar-refractivity contribution < 1.29 is 19.3 Å². The first kappa shape index (κ1) is 19.6. The van der Waals surface area contributed by atoms with Crippen molar-refractivity contribution in [1.29, 1.82) is 0 Å². The molecule has 2 aromatic rings. The molecule has 2 rings (SSSR count). The van der Waals surface area contributed by atoms with Crippen LogP contribution in [0, 0.1) is 11.7 Å². The Bertz CT molecular complexity index is 760. The molecule has 4 N–H and O–H groups in total. The largest absolute Gasteiger partial charge is 0.355 e. The summed E-state index contributed by atoms with van der Waals surface area (Å²) in [4.78, 5) is 23.9. The van der Waals surface area contributed by atoms with Gasteiger partial charge in [-0.3, -0.25) is 9.59 Å². The van der Waals surface area contributed by atoms with Crippen LogP contribution >= 0.6 is 0 Å². The van der Waals surface area contributed by atoms with Gasteiger partial charge < -0.3 is 16.0 Å². The van der Waals surface area contributed by atoms with E-state index in [2.05, 4.69) is 24.5 Å². The summed E-state index contributed by atoms with van der Waals surface area (Å²) in [6.07, 6.45) is 0. The summed E-state index contributed by atoms with van der Waals surface area (Å²) < 4.78 is 13.1. The monoisotopic (exact) mass is 358 g/mol. The highest BCUT2D eigenvalue weighted by Crippen LogP contribution is 2.18. The maximum atomic E-state index is 13.1. The van der Waals surface area contributed by atoms with Gasteiger partial charge in [0.15, 0.2) is 6.54 Å². The van der Waals surface area contributed by atoms with Crippen molar-refractivity contribution in [1.82, 2.24) is 5.32 Å². The van der Waals surface area contributed by atoms with E-state index in [9.17, 15) is 14.0 Å². The molecule has 0 radical (unpaired) electrons. The lowest BCUT2D eigenvalue weighted by Crippen LogP contribution is -2.88. The molecule has 0 aliphatic carbocycles. The summed E-state index contributed by atoms with van der Waals surface area (Å²) >= 11 is 0. The van der Waals surface area contributed by atoms with Gasteiger partial charge in [0.2, 0.25) is 0 Å². The minimum absolute atomic E-state index is 0.0542. The van der Waals surface area contributed by atoms with Crippen molar-refractivity contribution in [3.63, 3.8) is 0 Å². The summed E-state index contributed by atoms with van der Waals surface area (Å²) in [5.74, 6) is -0.356. The van der Waals surface area contributed by atoms with Gasteiger partial charge in [0, 0.05) is 29.8 Å². The van der Waals surface area contributed by atoms with Gasteiger partial charge in [0.25, 0.3) is 11.8 Å². The van der Waals surface area contributed by atoms with E-state index in [1.165, 1.54) is 12.1 Å². The van der Waals surface area contributed by atoms with Gasteiger partial charge >= 0.3 is 0 Å². The fraction of sp³-hybridized carbons (Fsp3) is 0.300. The van der Waals surface area contributed by atoms with Crippen LogP contribution in [0.4, 0.5) is 10.1 Å². The van der Waals surface area contributed by atoms with E-state index >= 15 is 0 Å². The minimum Gasteiger partial charge on any atom is -0.355 e. The van der Waals surface area contributed by atoms with Gasteiger partial charge in [-0.15, -0.1) is 0 Å². The second-order valence-corrected chi connectivity index (χ2v) is 6.47. The zero-order valence-electron chi connectivity index (χ0n) is 15.3. The number of amides is 2. The van der Waals surface area contributed by atoms with Crippen molar-refractivity contribution in [2.75, 3.05) is 18.9 Å². The van der Waals surface area contributed by atoms with Gasteiger partial charge in [-0.2, -0.15) is 0 Å². The van der Waals surface area contributed by atoms with Crippen molar-refractivity contribution in [2.24, 2.45) is 5.92 Å². The summed E-state index contributed by atoms with van der Waals surface area (Å²) in [6.45, 7) is 4.36. The highest BCUT2D eigenvalue weighted by atomic mass is 19.1. The van der Waals surface area contributed by atoms with E-state index in [0.29, 0.717) is 11.3 Å². The first-order valence-corrected chi connectivity index (χ1v) is 8.61. The van der Waals surface area contributed by atoms with E-state index in [4.69, 9.17) is 0 Å². The van der Waals surface area contributed by atoms with Gasteiger partial charge in [0.1, 0.15) is 11.9 Å². The Morgan fingerprint density at radius 2 is 1.81 bits per heavy atom. The molecule has 2 amide bonds. The van der Waals surface area contributed by atoms with E-state index < -0.39 is 0 Å². The maximum Gasteiger partial charge on any atom is 0.279 e. The normalized spacial score (nSPS) is 11.9. The molecular formula is C20H25FN3O2+. The Morgan fingerprint density at radius 1 is 1.12 bits per heavy atom. The molecule has 0 fully saturated rings. The van der Waals surface area contributed by atoms with Crippen molar-refractivity contribution in [3.8, 4) is 0 Å². The van der Waals surface area contributed by atoms with Crippen molar-refractivity contribution >= 4 is 17.5 Å². The number of anilines is 1. The molecule has 0 spiro atoms. The number of carbonyl (C=O) groups excluding carboxylic acids is 2. The molecule has 5 nitrogen and oxygen atoms in total. The topological polar surface area (TPSA) is 74.8 Å². The second-order valence-electron chi connectivity index (χ2n) is 6.47. The molecule has 0 saturated heterocycles. The third-order valence-electron chi connectivity index (χ3n) is 4.17. The Labute approximate surface area is 153 Å². The van der Waals surface area contributed by atoms with E-state index in [1.54, 1.807) is 43.4 Å². The Hall–Kier alpha value is -2.73. The molecule has 2 aromatic carbocycles. The van der Waals surface area contributed by atoms with E-state index in [0.717, 1.165) is 5.56 Å². The first-order valence-electron chi connectivity index (χ1n) is 8.61. The number of carbonyl (C=O) groups is 2. The lowest BCUT2D eigenvalue weighted by Gasteiger charge is -2.19. The molecule has 0 unspecified atom stereocenters. The Kier molecular flexibility index (Phi) is 6.86. The zero-order chi connectivity index (χ0) is 19.1. The average Bonchev–Trinajstić information content (AvgIpc) is 2.62. The van der Waals surface area contributed by atoms with E-state index in [1.807, 2.05) is 5.32 Å². The van der Waals surface area contributed by atoms with Crippen LogP contribution in [0.2, 0.25) is 0 Å². The van der Waals surface area contributed by atoms with Crippen LogP contribution in [-0.2, 0) is 4.79 Å². The number of nitrogens with one attached hydrogen (secondary N) is 2. The zero-order valence-corrected chi connectivity index (χ0v) is 15.3. The number of hydrogen-bond acceptors (Lipinski definition) is 2. The van der Waals surface area contributed by atoms with Gasteiger partial charge in [-0.05, 0) is 30.3 Å². The van der Waals surface area contributed by atoms with Gasteiger partial charge in [-0.25, -0.2) is 4.39 Å². The predicted molar refractivity (Wildman–Crippen MR) is 99.2 cm³/mol. The van der Waals surface area contributed by atoms with Gasteiger partial charge in [0.05, 0.1) is 0 Å². The molecule has 6 heteroatoms. The highest BCUT2D eigenvalue weighted by Gasteiger charge is 2.20. The van der Waals surface area contributed by atoms with Crippen LogP contribution in [0.5, 0.6) is 0 Å². The van der Waals surface area contributed by atoms with Crippen LogP contribution in [0.25, 0.3) is 0 Å². The van der Waals surface area contributed by atoms with E-state index in [-0.39, 0.29) is 36.1 Å². The predicted octanol–water partition coefficient (Wildman–Crippen LogP) is 2.08. The van der Waals surface area contributed by atoms with Crippen LogP contribution in [0.1, 0.15) is 35.8 Å². The van der Waals surface area contributed by atoms with Crippen molar-refractivity contribution in [2.45, 2.75) is 19.9 Å². The summed E-state index contributed by atoms with van der Waals surface area (Å²) in [5, 5.41) is 7.30.